The Kier molecular flexibility index (Phi) is 9.58. The van der Waals surface area contributed by atoms with Gasteiger partial charge in [-0.1, -0.05) is 12.8 Å². The Hall–Kier alpha value is -1.67. The van der Waals surface area contributed by atoms with Crippen molar-refractivity contribution in [2.75, 3.05) is 52.5 Å². The van der Waals surface area contributed by atoms with Gasteiger partial charge in [0.2, 0.25) is 0 Å². The quantitative estimate of drug-likeness (QED) is 0.517. The molecule has 1 aromatic carbocycles. The number of β-amino-alcohol motifs (C(OH)–C–C–N with tert-alkyl or cyclic N) is 2. The Morgan fingerprint density at radius 2 is 1.39 bits per heavy atom. The molecule has 0 radical (unpaired) electrons. The van der Waals surface area contributed by atoms with E-state index in [9.17, 15) is 15.0 Å². The van der Waals surface area contributed by atoms with Gasteiger partial charge in [-0.15, -0.1) is 0 Å². The molecule has 2 aliphatic heterocycles. The summed E-state index contributed by atoms with van der Waals surface area (Å²) in [6.45, 7) is 7.08. The molecule has 0 amide bonds. The maximum absolute atomic E-state index is 12.0. The van der Waals surface area contributed by atoms with E-state index in [0.717, 1.165) is 26.2 Å². The number of rotatable bonds is 11. The van der Waals surface area contributed by atoms with E-state index in [1.165, 1.54) is 45.4 Å². The van der Waals surface area contributed by atoms with Gasteiger partial charge in [0.05, 0.1) is 5.56 Å². The molecule has 2 atom stereocenters. The predicted octanol–water partition coefficient (Wildman–Crippen LogP) is 2.34. The number of Topliss-reactive ketones (excluding diaryl/α,β-unsaturated/α-hetero) is 1. The molecule has 3 rings (SSSR count). The average molecular weight is 435 g/mol. The molecule has 174 valence electrons. The van der Waals surface area contributed by atoms with Gasteiger partial charge >= 0.3 is 0 Å². The van der Waals surface area contributed by atoms with Crippen molar-refractivity contribution in [3.8, 4) is 11.5 Å². The third kappa shape index (κ3) is 8.07. The first kappa shape index (κ1) is 24.0. The highest BCUT2D eigenvalue weighted by atomic mass is 16.5. The summed E-state index contributed by atoms with van der Waals surface area (Å²) in [5.41, 5.74) is 0.464. The molecular weight excluding hydrogens is 396 g/mol. The number of carbonyl (C=O) groups excluding carboxylic acids is 1. The molecule has 7 heteroatoms. The number of ether oxygens (including phenoxy) is 2. The van der Waals surface area contributed by atoms with Crippen LogP contribution in [0.4, 0.5) is 0 Å². The lowest BCUT2D eigenvalue weighted by atomic mass is 10.1. The molecular formula is C24H38N2O5. The van der Waals surface area contributed by atoms with E-state index in [0.29, 0.717) is 30.2 Å². The number of hydrogen-bond acceptors (Lipinski definition) is 7. The van der Waals surface area contributed by atoms with Gasteiger partial charge in [0.25, 0.3) is 0 Å². The molecule has 0 aliphatic carbocycles. The Balaban J connectivity index is 1.51. The zero-order chi connectivity index (χ0) is 22.1. The number of likely N-dealkylation sites (tertiary alicyclic amines) is 2. The summed E-state index contributed by atoms with van der Waals surface area (Å²) in [5, 5.41) is 20.7. The van der Waals surface area contributed by atoms with Crippen molar-refractivity contribution in [1.82, 2.24) is 9.80 Å². The summed E-state index contributed by atoms with van der Waals surface area (Å²) < 4.78 is 11.6. The first-order valence-corrected chi connectivity index (χ1v) is 11.7. The van der Waals surface area contributed by atoms with Crippen LogP contribution in [0.3, 0.4) is 0 Å². The number of nitrogens with zero attached hydrogens (tertiary/aromatic N) is 2. The number of carbonyl (C=O) groups is 1. The van der Waals surface area contributed by atoms with Crippen molar-refractivity contribution in [1.29, 1.82) is 0 Å². The fourth-order valence-electron chi connectivity index (χ4n) is 4.37. The Bertz CT molecular complexity index is 687. The van der Waals surface area contributed by atoms with Gasteiger partial charge < -0.3 is 29.5 Å². The van der Waals surface area contributed by atoms with Gasteiger partial charge in [-0.2, -0.15) is 0 Å². The number of hydrogen-bond donors (Lipinski definition) is 2. The van der Waals surface area contributed by atoms with Crippen LogP contribution in [0.25, 0.3) is 0 Å². The summed E-state index contributed by atoms with van der Waals surface area (Å²) in [4.78, 5) is 16.5. The van der Waals surface area contributed by atoms with Crippen molar-refractivity contribution >= 4 is 5.78 Å². The normalized spacial score (nSPS) is 20.2. The van der Waals surface area contributed by atoms with Crippen molar-refractivity contribution in [2.45, 2.75) is 57.7 Å². The van der Waals surface area contributed by atoms with Crippen LogP contribution in [0.2, 0.25) is 0 Å². The topological polar surface area (TPSA) is 82.5 Å². The second kappa shape index (κ2) is 12.4. The van der Waals surface area contributed by atoms with Gasteiger partial charge in [-0.25, -0.2) is 0 Å². The number of ketones is 1. The predicted molar refractivity (Wildman–Crippen MR) is 120 cm³/mol. The van der Waals surface area contributed by atoms with Crippen LogP contribution in [0, 0.1) is 0 Å². The van der Waals surface area contributed by atoms with Crippen LogP contribution >= 0.6 is 0 Å². The third-order valence-electron chi connectivity index (χ3n) is 6.04. The van der Waals surface area contributed by atoms with E-state index < -0.39 is 12.2 Å². The molecule has 2 saturated heterocycles. The monoisotopic (exact) mass is 434 g/mol. The first-order valence-electron chi connectivity index (χ1n) is 11.7. The minimum atomic E-state index is -0.617. The van der Waals surface area contributed by atoms with Crippen LogP contribution in [0.5, 0.6) is 11.5 Å². The molecule has 2 N–H and O–H groups in total. The number of benzene rings is 1. The summed E-state index contributed by atoms with van der Waals surface area (Å²) in [7, 11) is 0. The lowest BCUT2D eigenvalue weighted by molar-refractivity contribution is 0.0590. The summed E-state index contributed by atoms with van der Waals surface area (Å²) >= 11 is 0. The highest BCUT2D eigenvalue weighted by Crippen LogP contribution is 2.26. The lowest BCUT2D eigenvalue weighted by Crippen LogP contribution is -2.38. The Morgan fingerprint density at radius 3 is 1.90 bits per heavy atom. The molecule has 2 heterocycles. The van der Waals surface area contributed by atoms with Crippen LogP contribution in [0.1, 0.15) is 55.8 Å². The van der Waals surface area contributed by atoms with E-state index in [4.69, 9.17) is 9.47 Å². The molecule has 0 aromatic heterocycles. The number of aliphatic hydroxyl groups excluding tert-OH is 2. The van der Waals surface area contributed by atoms with E-state index in [2.05, 4.69) is 9.80 Å². The highest BCUT2D eigenvalue weighted by molar-refractivity contribution is 5.97. The van der Waals surface area contributed by atoms with Crippen LogP contribution in [-0.4, -0.2) is 90.5 Å². The fraction of sp³-hybridized carbons (Fsp3) is 0.708. The van der Waals surface area contributed by atoms with Crippen LogP contribution in [0.15, 0.2) is 18.2 Å². The Morgan fingerprint density at radius 1 is 0.871 bits per heavy atom. The van der Waals surface area contributed by atoms with Crippen LogP contribution in [-0.2, 0) is 0 Å². The van der Waals surface area contributed by atoms with E-state index in [-0.39, 0.29) is 19.0 Å². The van der Waals surface area contributed by atoms with Gasteiger partial charge in [-0.3, -0.25) is 4.79 Å². The first-order chi connectivity index (χ1) is 15.0. The maximum Gasteiger partial charge on any atom is 0.163 e. The molecule has 2 aliphatic rings. The van der Waals surface area contributed by atoms with Gasteiger partial charge in [-0.05, 0) is 70.9 Å². The van der Waals surface area contributed by atoms with Crippen molar-refractivity contribution in [3.63, 3.8) is 0 Å². The van der Waals surface area contributed by atoms with Crippen molar-refractivity contribution in [3.05, 3.63) is 23.8 Å². The molecule has 0 bridgehead atoms. The SMILES string of the molecule is CC(=O)c1ccc(OCC(O)CN2CCCCC2)cc1OCC(O)CN1CCCCC1. The fourth-order valence-corrected chi connectivity index (χ4v) is 4.37. The summed E-state index contributed by atoms with van der Waals surface area (Å²) in [6.07, 6.45) is 6.05. The molecule has 31 heavy (non-hydrogen) atoms. The molecule has 2 fully saturated rings. The number of aliphatic hydroxyl groups is 2. The van der Waals surface area contributed by atoms with E-state index in [1.54, 1.807) is 18.2 Å². The maximum atomic E-state index is 12.0. The molecule has 7 nitrogen and oxygen atoms in total. The minimum Gasteiger partial charge on any atom is -0.491 e. The second-order valence-corrected chi connectivity index (χ2v) is 8.87. The van der Waals surface area contributed by atoms with E-state index in [1.807, 2.05) is 0 Å². The third-order valence-corrected chi connectivity index (χ3v) is 6.04. The highest BCUT2D eigenvalue weighted by Gasteiger charge is 2.18. The van der Waals surface area contributed by atoms with Gasteiger partial charge in [0, 0.05) is 19.2 Å². The van der Waals surface area contributed by atoms with Crippen molar-refractivity contribution in [2.24, 2.45) is 0 Å². The largest absolute Gasteiger partial charge is 0.491 e. The second-order valence-electron chi connectivity index (χ2n) is 8.87. The molecule has 1 aromatic rings. The smallest absolute Gasteiger partial charge is 0.163 e. The molecule has 0 spiro atoms. The lowest BCUT2D eigenvalue weighted by Gasteiger charge is -2.28. The zero-order valence-electron chi connectivity index (χ0n) is 18.8. The standard InChI is InChI=1S/C24H38N2O5/c1-19(27)23-9-8-22(30-17-20(28)15-25-10-4-2-5-11-25)14-24(23)31-18-21(29)16-26-12-6-3-7-13-26/h8-9,14,20-21,28-29H,2-7,10-13,15-18H2,1H3. The minimum absolute atomic E-state index is 0.0998. The van der Waals surface area contributed by atoms with Gasteiger partial charge in [0.15, 0.2) is 5.78 Å². The zero-order valence-corrected chi connectivity index (χ0v) is 18.8. The van der Waals surface area contributed by atoms with Gasteiger partial charge in [0.1, 0.15) is 36.9 Å². The van der Waals surface area contributed by atoms with E-state index >= 15 is 0 Å². The van der Waals surface area contributed by atoms with Crippen LogP contribution < -0.4 is 9.47 Å². The average Bonchev–Trinajstić information content (AvgIpc) is 2.77. The molecule has 0 saturated carbocycles. The van der Waals surface area contributed by atoms with Crippen molar-refractivity contribution < 1.29 is 24.5 Å². The Labute approximate surface area is 185 Å². The molecule has 2 unspecified atom stereocenters. The number of piperidine rings is 2. The summed E-state index contributed by atoms with van der Waals surface area (Å²) in [5.74, 6) is 0.855. The summed E-state index contributed by atoms with van der Waals surface area (Å²) in [6, 6.07) is 5.08.